The molecule has 0 saturated heterocycles. The van der Waals surface area contributed by atoms with E-state index < -0.39 is 0 Å². The summed E-state index contributed by atoms with van der Waals surface area (Å²) < 4.78 is 0. The Morgan fingerprint density at radius 1 is 1.43 bits per heavy atom. The van der Waals surface area contributed by atoms with Gasteiger partial charge in [-0.3, -0.25) is 0 Å². The fourth-order valence-electron chi connectivity index (χ4n) is 0.132. The van der Waals surface area contributed by atoms with Gasteiger partial charge in [0.15, 0.2) is 6.07 Å². The molecular weight excluding hydrogens is 132 g/mol. The molecule has 0 spiro atoms. The smallest absolute Gasteiger partial charge is 0.156 e. The number of hydrogen-bond donors (Lipinski definition) is 0. The maximum atomic E-state index is 5.07. The van der Waals surface area contributed by atoms with Gasteiger partial charge in [0.1, 0.15) is 0 Å². The topological polar surface area (TPSA) is 18.5 Å². The third-order valence-electron chi connectivity index (χ3n) is 0.313. The zero-order valence-electron chi connectivity index (χ0n) is 3.82. The highest BCUT2D eigenvalue weighted by molar-refractivity contribution is 6.17. The molecule has 0 aromatic rings. The predicted molar refractivity (Wildman–Crippen MR) is 28.3 cm³/mol. The molecule has 0 fully saturated rings. The lowest BCUT2D eigenvalue weighted by molar-refractivity contribution is -0.276. The molecule has 0 aliphatic heterocycles. The Hall–Kier alpha value is 0.427. The van der Waals surface area contributed by atoms with E-state index in [2.05, 4.69) is 20.0 Å². The van der Waals surface area contributed by atoms with Gasteiger partial charge in [0, 0.05) is 10.2 Å². The summed E-state index contributed by atoms with van der Waals surface area (Å²) in [5, 5.41) is 0. The van der Waals surface area contributed by atoms with Crippen LogP contribution >= 0.6 is 11.6 Å². The van der Waals surface area contributed by atoms with Crippen LogP contribution in [0.3, 0.4) is 0 Å². The first-order valence-electron chi connectivity index (χ1n) is 1.86. The lowest BCUT2D eigenvalue weighted by Crippen LogP contribution is -1.92. The SMILES string of the molecule is [Si]CCOOCCl. The Balaban J connectivity index is 2.45. The normalized spacial score (nSPS) is 9.43. The fraction of sp³-hybridized carbons (Fsp3) is 1.00. The molecule has 0 aliphatic carbocycles. The van der Waals surface area contributed by atoms with Crippen LogP contribution in [0.4, 0.5) is 0 Å². The van der Waals surface area contributed by atoms with Gasteiger partial charge in [-0.05, 0) is 6.04 Å². The average Bonchev–Trinajstić information content (AvgIpc) is 1.69. The molecule has 0 unspecified atom stereocenters. The summed E-state index contributed by atoms with van der Waals surface area (Å²) in [6, 6.07) is 0.850. The first kappa shape index (κ1) is 7.43. The van der Waals surface area contributed by atoms with Gasteiger partial charge in [-0.15, -0.1) is 0 Å². The van der Waals surface area contributed by atoms with Crippen molar-refractivity contribution in [2.24, 2.45) is 0 Å². The third-order valence-corrected chi connectivity index (χ3v) is 0.606. The third kappa shape index (κ3) is 6.43. The van der Waals surface area contributed by atoms with Gasteiger partial charge in [0.05, 0.1) is 6.61 Å². The van der Waals surface area contributed by atoms with Crippen LogP contribution in [0.5, 0.6) is 0 Å². The zero-order valence-corrected chi connectivity index (χ0v) is 5.57. The van der Waals surface area contributed by atoms with Crippen LogP contribution in [0.1, 0.15) is 0 Å². The largest absolute Gasteiger partial charge is 0.236 e. The van der Waals surface area contributed by atoms with Crippen LogP contribution in [0, 0.1) is 0 Å². The second kappa shape index (κ2) is 6.43. The second-order valence-corrected chi connectivity index (χ2v) is 1.52. The maximum Gasteiger partial charge on any atom is 0.156 e. The van der Waals surface area contributed by atoms with E-state index in [1.165, 1.54) is 0 Å². The van der Waals surface area contributed by atoms with Gasteiger partial charge in [-0.2, -0.15) is 0 Å². The first-order valence-corrected chi connectivity index (χ1v) is 3.11. The van der Waals surface area contributed by atoms with Crippen LogP contribution in [-0.4, -0.2) is 22.9 Å². The van der Waals surface area contributed by atoms with Crippen molar-refractivity contribution in [3.63, 3.8) is 0 Å². The Morgan fingerprint density at radius 3 is 2.57 bits per heavy atom. The summed E-state index contributed by atoms with van der Waals surface area (Å²) in [4.78, 5) is 8.76. The summed E-state index contributed by atoms with van der Waals surface area (Å²) in [6.45, 7) is 0.531. The second-order valence-electron chi connectivity index (χ2n) is 0.799. The highest BCUT2D eigenvalue weighted by atomic mass is 35.5. The van der Waals surface area contributed by atoms with E-state index in [1.807, 2.05) is 0 Å². The molecule has 0 atom stereocenters. The van der Waals surface area contributed by atoms with Gasteiger partial charge in [-0.1, -0.05) is 11.6 Å². The van der Waals surface area contributed by atoms with Gasteiger partial charge in [0.2, 0.25) is 0 Å². The van der Waals surface area contributed by atoms with Crippen molar-refractivity contribution in [2.45, 2.75) is 6.04 Å². The van der Waals surface area contributed by atoms with Crippen molar-refractivity contribution in [1.29, 1.82) is 0 Å². The minimum Gasteiger partial charge on any atom is -0.236 e. The van der Waals surface area contributed by atoms with Gasteiger partial charge in [0.25, 0.3) is 0 Å². The molecule has 3 radical (unpaired) electrons. The Bertz CT molecular complexity index is 32.1. The summed E-state index contributed by atoms with van der Waals surface area (Å²) in [7, 11) is 3.17. The summed E-state index contributed by atoms with van der Waals surface area (Å²) >= 11 is 5.07. The van der Waals surface area contributed by atoms with Crippen LogP contribution in [0.25, 0.3) is 0 Å². The van der Waals surface area contributed by atoms with E-state index in [4.69, 9.17) is 11.6 Å². The molecule has 0 bridgehead atoms. The number of hydrogen-bond acceptors (Lipinski definition) is 2. The number of alkyl halides is 1. The van der Waals surface area contributed by atoms with Crippen LogP contribution in [0.15, 0.2) is 0 Å². The monoisotopic (exact) mass is 137 g/mol. The molecule has 0 N–H and O–H groups in total. The highest BCUT2D eigenvalue weighted by Crippen LogP contribution is 1.82. The van der Waals surface area contributed by atoms with E-state index in [9.17, 15) is 0 Å². The van der Waals surface area contributed by atoms with Crippen LogP contribution in [0.2, 0.25) is 6.04 Å². The molecule has 7 heavy (non-hydrogen) atoms. The molecule has 0 rings (SSSR count). The molecule has 41 valence electrons. The maximum absolute atomic E-state index is 5.07. The highest BCUT2D eigenvalue weighted by Gasteiger charge is 1.79. The minimum absolute atomic E-state index is 0.0895. The van der Waals surface area contributed by atoms with Gasteiger partial charge in [-0.25, -0.2) is 9.78 Å². The van der Waals surface area contributed by atoms with Crippen molar-refractivity contribution >= 4 is 21.8 Å². The van der Waals surface area contributed by atoms with E-state index in [-0.39, 0.29) is 6.07 Å². The van der Waals surface area contributed by atoms with Crippen molar-refractivity contribution < 1.29 is 9.78 Å². The van der Waals surface area contributed by atoms with Gasteiger partial charge >= 0.3 is 0 Å². The van der Waals surface area contributed by atoms with E-state index in [0.29, 0.717) is 6.61 Å². The van der Waals surface area contributed by atoms with Crippen molar-refractivity contribution in [3.05, 3.63) is 0 Å². The van der Waals surface area contributed by atoms with Crippen molar-refractivity contribution in [1.82, 2.24) is 0 Å². The van der Waals surface area contributed by atoms with E-state index in [0.717, 1.165) is 6.04 Å². The molecule has 2 nitrogen and oxygen atoms in total. The molecule has 0 amide bonds. The molecular formula is C3H6ClO2Si. The molecule has 0 aromatic heterocycles. The van der Waals surface area contributed by atoms with E-state index >= 15 is 0 Å². The Kier molecular flexibility index (Phi) is 6.82. The van der Waals surface area contributed by atoms with Crippen LogP contribution < -0.4 is 0 Å². The number of halogens is 1. The summed E-state index contributed by atoms with van der Waals surface area (Å²) in [5.74, 6) is 0. The lowest BCUT2D eigenvalue weighted by Gasteiger charge is -1.94. The van der Waals surface area contributed by atoms with Crippen molar-refractivity contribution in [3.8, 4) is 0 Å². The Morgan fingerprint density at radius 2 is 2.14 bits per heavy atom. The fourth-order valence-corrected chi connectivity index (χ4v) is 0.278. The molecule has 0 aliphatic rings. The molecule has 0 aromatic carbocycles. The molecule has 0 saturated carbocycles. The molecule has 4 heteroatoms. The molecule has 0 heterocycles. The van der Waals surface area contributed by atoms with Gasteiger partial charge < -0.3 is 0 Å². The quantitative estimate of drug-likeness (QED) is 0.187. The average molecular weight is 138 g/mol. The first-order chi connectivity index (χ1) is 3.41. The lowest BCUT2D eigenvalue weighted by atomic mass is 10.9. The zero-order chi connectivity index (χ0) is 5.54. The minimum atomic E-state index is 0.0895. The summed E-state index contributed by atoms with van der Waals surface area (Å²) in [5.41, 5.74) is 0. The predicted octanol–water partition coefficient (Wildman–Crippen LogP) is 0.718. The van der Waals surface area contributed by atoms with E-state index in [1.54, 1.807) is 0 Å². The van der Waals surface area contributed by atoms with Crippen LogP contribution in [-0.2, 0) is 9.78 Å². The summed E-state index contributed by atoms with van der Waals surface area (Å²) in [6.07, 6.45) is 0. The standard InChI is InChI=1S/C3H6ClO2Si/c4-3-6-5-1-2-7/h1-3H2. The van der Waals surface area contributed by atoms with Crippen molar-refractivity contribution in [2.75, 3.05) is 12.7 Å². The number of rotatable bonds is 4. The Labute approximate surface area is 51.1 Å².